The molecule has 1 fully saturated rings. The number of rotatable bonds is 3. The fourth-order valence-corrected chi connectivity index (χ4v) is 3.27. The molecule has 0 unspecified atom stereocenters. The molecule has 2 rings (SSSR count). The third-order valence-electron chi connectivity index (χ3n) is 2.54. The topological polar surface area (TPSA) is 18.5 Å². The van der Waals surface area contributed by atoms with E-state index in [0.717, 1.165) is 33.3 Å². The number of halogens is 3. The molecular formula is C11H11Br3O2. The maximum absolute atomic E-state index is 5.87. The van der Waals surface area contributed by atoms with Crippen molar-refractivity contribution < 1.29 is 9.47 Å². The van der Waals surface area contributed by atoms with E-state index >= 15 is 0 Å². The minimum Gasteiger partial charge on any atom is -0.496 e. The first-order valence-electron chi connectivity index (χ1n) is 4.94. The molecule has 0 spiro atoms. The lowest BCUT2D eigenvalue weighted by Crippen LogP contribution is -2.34. The van der Waals surface area contributed by atoms with Crippen LogP contribution >= 0.6 is 47.8 Å². The number of alkyl halides is 1. The molecule has 2 nitrogen and oxygen atoms in total. The van der Waals surface area contributed by atoms with Gasteiger partial charge in [0.25, 0.3) is 0 Å². The van der Waals surface area contributed by atoms with Gasteiger partial charge in [0.2, 0.25) is 0 Å². The molecule has 0 heterocycles. The van der Waals surface area contributed by atoms with Crippen molar-refractivity contribution in [3.8, 4) is 11.5 Å². The van der Waals surface area contributed by atoms with Crippen LogP contribution in [0.2, 0.25) is 0 Å². The Balaban J connectivity index is 2.12. The summed E-state index contributed by atoms with van der Waals surface area (Å²) in [4.78, 5) is 0.609. The Morgan fingerprint density at radius 1 is 1.12 bits per heavy atom. The van der Waals surface area contributed by atoms with Crippen molar-refractivity contribution in [2.24, 2.45) is 0 Å². The van der Waals surface area contributed by atoms with Gasteiger partial charge in [-0.05, 0) is 56.8 Å². The van der Waals surface area contributed by atoms with E-state index in [1.807, 2.05) is 12.1 Å². The highest BCUT2D eigenvalue weighted by Gasteiger charge is 2.29. The summed E-state index contributed by atoms with van der Waals surface area (Å²) < 4.78 is 12.9. The van der Waals surface area contributed by atoms with Crippen molar-refractivity contribution in [2.45, 2.75) is 23.8 Å². The van der Waals surface area contributed by atoms with E-state index in [9.17, 15) is 0 Å². The molecule has 1 saturated carbocycles. The van der Waals surface area contributed by atoms with E-state index in [0.29, 0.717) is 10.9 Å². The van der Waals surface area contributed by atoms with Gasteiger partial charge in [-0.1, -0.05) is 15.9 Å². The molecule has 0 amide bonds. The zero-order valence-corrected chi connectivity index (χ0v) is 13.4. The number of hydrogen-bond acceptors (Lipinski definition) is 2. The quantitative estimate of drug-likeness (QED) is 0.677. The minimum atomic E-state index is 0.320. The van der Waals surface area contributed by atoms with Crippen LogP contribution in [-0.2, 0) is 0 Å². The minimum absolute atomic E-state index is 0.320. The smallest absolute Gasteiger partial charge is 0.135 e. The van der Waals surface area contributed by atoms with E-state index < -0.39 is 0 Å². The zero-order chi connectivity index (χ0) is 11.7. The second kappa shape index (κ2) is 5.27. The normalized spacial score (nSPS) is 23.8. The Hall–Kier alpha value is 0.260. The molecule has 0 saturated heterocycles. The summed E-state index contributed by atoms with van der Waals surface area (Å²) in [5.74, 6) is 1.66. The fourth-order valence-electron chi connectivity index (χ4n) is 1.53. The molecule has 1 aromatic rings. The van der Waals surface area contributed by atoms with Gasteiger partial charge in [-0.15, -0.1) is 0 Å². The van der Waals surface area contributed by atoms with Gasteiger partial charge in [0.05, 0.1) is 16.1 Å². The summed E-state index contributed by atoms with van der Waals surface area (Å²) in [6.45, 7) is 0. The third kappa shape index (κ3) is 2.74. The summed E-state index contributed by atoms with van der Waals surface area (Å²) >= 11 is 10.5. The average Bonchev–Trinajstić information content (AvgIpc) is 2.20. The first-order valence-corrected chi connectivity index (χ1v) is 7.44. The summed E-state index contributed by atoms with van der Waals surface area (Å²) in [7, 11) is 1.65. The summed E-state index contributed by atoms with van der Waals surface area (Å²) in [6, 6.07) is 3.84. The predicted molar refractivity (Wildman–Crippen MR) is 74.8 cm³/mol. The number of methoxy groups -OCH3 is 1. The van der Waals surface area contributed by atoms with Crippen molar-refractivity contribution >= 4 is 47.8 Å². The highest BCUT2D eigenvalue weighted by Crippen LogP contribution is 2.39. The molecule has 0 aliphatic heterocycles. The molecule has 1 aliphatic rings. The van der Waals surface area contributed by atoms with Crippen molar-refractivity contribution in [2.75, 3.05) is 7.11 Å². The van der Waals surface area contributed by atoms with E-state index in [-0.39, 0.29) is 0 Å². The van der Waals surface area contributed by atoms with E-state index in [1.165, 1.54) is 0 Å². The van der Waals surface area contributed by atoms with Gasteiger partial charge >= 0.3 is 0 Å². The Kier molecular flexibility index (Phi) is 4.19. The predicted octanol–water partition coefficient (Wildman–Crippen LogP) is 4.52. The van der Waals surface area contributed by atoms with Gasteiger partial charge in [-0.2, -0.15) is 0 Å². The number of ether oxygens (including phenoxy) is 2. The monoisotopic (exact) mass is 412 g/mol. The van der Waals surface area contributed by atoms with Crippen LogP contribution in [0.25, 0.3) is 0 Å². The second-order valence-electron chi connectivity index (χ2n) is 3.73. The van der Waals surface area contributed by atoms with Gasteiger partial charge in [-0.25, -0.2) is 0 Å². The summed E-state index contributed by atoms with van der Waals surface area (Å²) in [5, 5.41) is 0. The lowest BCUT2D eigenvalue weighted by atomic mass is 9.96. The van der Waals surface area contributed by atoms with Gasteiger partial charge < -0.3 is 9.47 Å². The Labute approximate surface area is 120 Å². The van der Waals surface area contributed by atoms with Crippen LogP contribution in [0.4, 0.5) is 0 Å². The van der Waals surface area contributed by atoms with Gasteiger partial charge in [0.1, 0.15) is 17.6 Å². The van der Waals surface area contributed by atoms with Crippen LogP contribution in [0.1, 0.15) is 12.8 Å². The maximum Gasteiger partial charge on any atom is 0.135 e. The SMILES string of the molecule is COc1cc(Br)c(OC2CC(Br)C2)cc1Br. The molecule has 1 aromatic carbocycles. The van der Waals surface area contributed by atoms with Crippen LogP contribution in [0.5, 0.6) is 11.5 Å². The maximum atomic E-state index is 5.87. The van der Waals surface area contributed by atoms with Gasteiger partial charge in [-0.3, -0.25) is 0 Å². The van der Waals surface area contributed by atoms with Gasteiger partial charge in [0.15, 0.2) is 0 Å². The van der Waals surface area contributed by atoms with Crippen molar-refractivity contribution in [1.82, 2.24) is 0 Å². The largest absolute Gasteiger partial charge is 0.496 e. The fraction of sp³-hybridized carbons (Fsp3) is 0.455. The molecule has 0 aromatic heterocycles. The summed E-state index contributed by atoms with van der Waals surface area (Å²) in [5.41, 5.74) is 0. The first kappa shape index (κ1) is 12.7. The molecular weight excluding hydrogens is 404 g/mol. The van der Waals surface area contributed by atoms with E-state index in [1.54, 1.807) is 7.11 Å². The van der Waals surface area contributed by atoms with Crippen LogP contribution in [0, 0.1) is 0 Å². The molecule has 0 radical (unpaired) electrons. The highest BCUT2D eigenvalue weighted by atomic mass is 79.9. The highest BCUT2D eigenvalue weighted by molar-refractivity contribution is 9.11. The standard InChI is InChI=1S/C11H11Br3O2/c1-15-10-4-9(14)11(5-8(10)13)16-7-2-6(12)3-7/h4-7H,2-3H2,1H3. The van der Waals surface area contributed by atoms with E-state index in [4.69, 9.17) is 9.47 Å². The lowest BCUT2D eigenvalue weighted by Gasteiger charge is -2.32. The number of benzene rings is 1. The zero-order valence-electron chi connectivity index (χ0n) is 8.67. The summed E-state index contributed by atoms with van der Waals surface area (Å²) in [6.07, 6.45) is 2.45. The van der Waals surface area contributed by atoms with Crippen molar-refractivity contribution in [3.05, 3.63) is 21.1 Å². The Morgan fingerprint density at radius 3 is 2.25 bits per heavy atom. The van der Waals surface area contributed by atoms with Crippen LogP contribution in [-0.4, -0.2) is 18.0 Å². The molecule has 0 bridgehead atoms. The van der Waals surface area contributed by atoms with Crippen molar-refractivity contribution in [3.63, 3.8) is 0 Å². The number of hydrogen-bond donors (Lipinski definition) is 0. The van der Waals surface area contributed by atoms with Crippen LogP contribution < -0.4 is 9.47 Å². The average molecular weight is 415 g/mol. The van der Waals surface area contributed by atoms with Crippen LogP contribution in [0.3, 0.4) is 0 Å². The molecule has 5 heteroatoms. The van der Waals surface area contributed by atoms with E-state index in [2.05, 4.69) is 47.8 Å². The molecule has 88 valence electrons. The third-order valence-corrected chi connectivity index (χ3v) is 4.52. The Morgan fingerprint density at radius 2 is 1.69 bits per heavy atom. The van der Waals surface area contributed by atoms with Gasteiger partial charge in [0, 0.05) is 4.83 Å². The first-order chi connectivity index (χ1) is 7.60. The Bertz CT molecular complexity index is 389. The van der Waals surface area contributed by atoms with Crippen LogP contribution in [0.15, 0.2) is 21.1 Å². The second-order valence-corrected chi connectivity index (χ2v) is 6.73. The molecule has 16 heavy (non-hydrogen) atoms. The molecule has 0 N–H and O–H groups in total. The lowest BCUT2D eigenvalue weighted by molar-refractivity contribution is 0.127. The molecule has 1 aliphatic carbocycles. The molecule has 0 atom stereocenters. The van der Waals surface area contributed by atoms with Crippen molar-refractivity contribution in [1.29, 1.82) is 0 Å².